The number of benzene rings is 1. The first-order chi connectivity index (χ1) is 10.2. The van der Waals surface area contributed by atoms with Crippen molar-refractivity contribution in [3.63, 3.8) is 0 Å². The predicted octanol–water partition coefficient (Wildman–Crippen LogP) is 2.32. The van der Waals surface area contributed by atoms with Crippen molar-refractivity contribution in [2.45, 2.75) is 5.09 Å². The van der Waals surface area contributed by atoms with Crippen LogP contribution < -0.4 is 10.0 Å². The molecular formula is C12H9F2IN2O4S. The Balaban J connectivity index is 2.24. The van der Waals surface area contributed by atoms with Crippen molar-refractivity contribution in [1.29, 1.82) is 0 Å². The normalized spacial score (nSPS) is 11.5. The van der Waals surface area contributed by atoms with Crippen LogP contribution in [-0.4, -0.2) is 21.4 Å². The van der Waals surface area contributed by atoms with Gasteiger partial charge >= 0.3 is 0 Å². The topological polar surface area (TPSA) is 88.4 Å². The molecule has 0 radical (unpaired) electrons. The molecule has 0 fully saturated rings. The van der Waals surface area contributed by atoms with Crippen molar-refractivity contribution >= 4 is 44.2 Å². The van der Waals surface area contributed by atoms with Gasteiger partial charge in [0.1, 0.15) is 11.6 Å². The number of hydrogen-bond donors (Lipinski definition) is 2. The number of rotatable bonds is 4. The van der Waals surface area contributed by atoms with Gasteiger partial charge in [-0.15, -0.1) is 0 Å². The quantitative estimate of drug-likeness (QED) is 0.562. The third-order valence-corrected chi connectivity index (χ3v) is 4.90. The number of furan rings is 1. The number of hydrogen-bond acceptors (Lipinski definition) is 4. The fraction of sp³-hybridized carbons (Fsp3) is 0.0833. The lowest BCUT2D eigenvalue weighted by Gasteiger charge is -2.05. The summed E-state index contributed by atoms with van der Waals surface area (Å²) in [5.41, 5.74) is -0.116. The summed E-state index contributed by atoms with van der Waals surface area (Å²) in [7, 11) is -2.63. The Morgan fingerprint density at radius 1 is 1.23 bits per heavy atom. The van der Waals surface area contributed by atoms with E-state index in [1.165, 1.54) is 29.6 Å². The van der Waals surface area contributed by atoms with Crippen LogP contribution in [-0.2, 0) is 10.0 Å². The molecule has 1 amide bonds. The summed E-state index contributed by atoms with van der Waals surface area (Å²) in [4.78, 5) is 11.9. The molecule has 0 bridgehead atoms. The number of carbonyl (C=O) groups excluding carboxylic acids is 1. The van der Waals surface area contributed by atoms with E-state index < -0.39 is 32.7 Å². The van der Waals surface area contributed by atoms with Gasteiger partial charge in [-0.3, -0.25) is 4.79 Å². The average molecular weight is 442 g/mol. The number of nitrogens with one attached hydrogen (secondary N) is 2. The monoisotopic (exact) mass is 442 g/mol. The van der Waals surface area contributed by atoms with Crippen molar-refractivity contribution < 1.29 is 26.4 Å². The molecule has 6 nitrogen and oxygen atoms in total. The number of halogens is 3. The highest BCUT2D eigenvalue weighted by atomic mass is 127. The first kappa shape index (κ1) is 16.8. The van der Waals surface area contributed by atoms with Gasteiger partial charge in [0.2, 0.25) is 5.09 Å². The van der Waals surface area contributed by atoms with Crippen molar-refractivity contribution in [3.05, 3.63) is 45.2 Å². The molecule has 0 spiro atoms. The second-order valence-corrected chi connectivity index (χ2v) is 6.93. The molecule has 0 atom stereocenters. The minimum absolute atomic E-state index is 0.116. The van der Waals surface area contributed by atoms with Gasteiger partial charge in [0.05, 0.1) is 3.57 Å². The number of carbonyl (C=O) groups is 1. The minimum atomic E-state index is -3.82. The van der Waals surface area contributed by atoms with Crippen LogP contribution in [0.3, 0.4) is 0 Å². The Hall–Kier alpha value is -1.53. The van der Waals surface area contributed by atoms with Crippen molar-refractivity contribution in [2.24, 2.45) is 0 Å². The first-order valence-electron chi connectivity index (χ1n) is 5.74. The first-order valence-corrected chi connectivity index (χ1v) is 8.30. The smallest absolute Gasteiger partial charge is 0.291 e. The Bertz CT molecular complexity index is 812. The molecule has 1 aromatic carbocycles. The van der Waals surface area contributed by atoms with Crippen molar-refractivity contribution in [3.8, 4) is 0 Å². The van der Waals surface area contributed by atoms with Gasteiger partial charge < -0.3 is 9.73 Å². The van der Waals surface area contributed by atoms with Crippen LogP contribution in [0.25, 0.3) is 0 Å². The van der Waals surface area contributed by atoms with E-state index in [1.807, 2.05) is 4.72 Å². The average Bonchev–Trinajstić information content (AvgIpc) is 2.95. The molecule has 2 aromatic rings. The van der Waals surface area contributed by atoms with E-state index in [4.69, 9.17) is 4.42 Å². The summed E-state index contributed by atoms with van der Waals surface area (Å²) in [6.07, 6.45) is 0. The summed E-state index contributed by atoms with van der Waals surface area (Å²) in [6.45, 7) is 0. The Morgan fingerprint density at radius 2 is 1.82 bits per heavy atom. The highest BCUT2D eigenvalue weighted by Gasteiger charge is 2.20. The van der Waals surface area contributed by atoms with Crippen molar-refractivity contribution in [1.82, 2.24) is 4.72 Å². The molecule has 22 heavy (non-hydrogen) atoms. The van der Waals surface area contributed by atoms with E-state index in [2.05, 4.69) is 5.32 Å². The van der Waals surface area contributed by atoms with Gasteiger partial charge in [0, 0.05) is 5.69 Å². The summed E-state index contributed by atoms with van der Waals surface area (Å²) in [5.74, 6) is -2.80. The zero-order valence-electron chi connectivity index (χ0n) is 11.0. The van der Waals surface area contributed by atoms with Crippen molar-refractivity contribution in [2.75, 3.05) is 12.4 Å². The maximum absolute atomic E-state index is 13.4. The van der Waals surface area contributed by atoms with Crippen LogP contribution in [0.4, 0.5) is 14.5 Å². The van der Waals surface area contributed by atoms with E-state index in [0.29, 0.717) is 0 Å². The SMILES string of the molecule is CNS(=O)(=O)c1ccc(C(=O)Nc2cc(F)c(I)c(F)c2)o1. The van der Waals surface area contributed by atoms with Crippen LogP contribution in [0.2, 0.25) is 0 Å². The molecular weight excluding hydrogens is 433 g/mol. The third kappa shape index (κ3) is 3.44. The molecule has 2 N–H and O–H groups in total. The lowest BCUT2D eigenvalue weighted by Crippen LogP contribution is -2.18. The summed E-state index contributed by atoms with van der Waals surface area (Å²) in [6, 6.07) is 4.11. The number of sulfonamides is 1. The minimum Gasteiger partial charge on any atom is -0.438 e. The molecule has 1 heterocycles. The van der Waals surface area contributed by atoms with Gasteiger partial charge in [-0.1, -0.05) is 0 Å². The lowest BCUT2D eigenvalue weighted by atomic mass is 10.3. The summed E-state index contributed by atoms with van der Waals surface area (Å²) in [5, 5.41) is 1.77. The Labute approximate surface area is 138 Å². The van der Waals surface area contributed by atoms with E-state index in [9.17, 15) is 22.0 Å². The van der Waals surface area contributed by atoms with Gasteiger partial charge in [-0.25, -0.2) is 21.9 Å². The zero-order chi connectivity index (χ0) is 16.5. The van der Waals surface area contributed by atoms with Crippen LogP contribution in [0.1, 0.15) is 10.6 Å². The number of anilines is 1. The zero-order valence-corrected chi connectivity index (χ0v) is 14.0. The van der Waals surface area contributed by atoms with Crippen LogP contribution in [0.15, 0.2) is 33.8 Å². The highest BCUT2D eigenvalue weighted by Crippen LogP contribution is 2.21. The van der Waals surface area contributed by atoms with E-state index in [-0.39, 0.29) is 15.0 Å². The molecule has 118 valence electrons. The number of amides is 1. The molecule has 0 saturated carbocycles. The van der Waals surface area contributed by atoms with E-state index in [1.54, 1.807) is 0 Å². The molecule has 0 aliphatic heterocycles. The molecule has 0 aliphatic carbocycles. The predicted molar refractivity (Wildman–Crippen MR) is 82.0 cm³/mol. The lowest BCUT2D eigenvalue weighted by molar-refractivity contribution is 0.0991. The summed E-state index contributed by atoms with van der Waals surface area (Å²) >= 11 is 1.49. The second kappa shape index (κ2) is 6.30. The van der Waals surface area contributed by atoms with E-state index >= 15 is 0 Å². The maximum atomic E-state index is 13.4. The third-order valence-electron chi connectivity index (χ3n) is 2.58. The molecule has 10 heteroatoms. The van der Waals surface area contributed by atoms with Crippen LogP contribution >= 0.6 is 22.6 Å². The molecule has 2 rings (SSSR count). The van der Waals surface area contributed by atoms with Gasteiger partial charge in [0.15, 0.2) is 5.76 Å². The summed E-state index contributed by atoms with van der Waals surface area (Å²) < 4.78 is 56.5. The molecule has 1 aromatic heterocycles. The van der Waals surface area contributed by atoms with Crippen LogP contribution in [0, 0.1) is 15.2 Å². The second-order valence-electron chi connectivity index (χ2n) is 4.03. The highest BCUT2D eigenvalue weighted by molar-refractivity contribution is 14.1. The van der Waals surface area contributed by atoms with Gasteiger partial charge in [0.25, 0.3) is 15.9 Å². The largest absolute Gasteiger partial charge is 0.438 e. The molecule has 0 saturated heterocycles. The Morgan fingerprint density at radius 3 is 2.36 bits per heavy atom. The van der Waals surface area contributed by atoms with Gasteiger partial charge in [-0.2, -0.15) is 0 Å². The molecule has 0 unspecified atom stereocenters. The fourth-order valence-electron chi connectivity index (χ4n) is 1.51. The maximum Gasteiger partial charge on any atom is 0.291 e. The van der Waals surface area contributed by atoms with Crippen LogP contribution in [0.5, 0.6) is 0 Å². The van der Waals surface area contributed by atoms with E-state index in [0.717, 1.165) is 24.3 Å². The fourth-order valence-corrected chi connectivity index (χ4v) is 2.47. The van der Waals surface area contributed by atoms with Gasteiger partial charge in [-0.05, 0) is 53.9 Å². The molecule has 0 aliphatic rings. The Kier molecular flexibility index (Phi) is 4.82. The standard InChI is InChI=1S/C12H9F2IN2O4S/c1-16-22(19,20)10-3-2-9(21-10)12(18)17-6-4-7(13)11(15)8(14)5-6/h2-5,16H,1H3,(H,17,18).